The maximum atomic E-state index is 12.6. The lowest BCUT2D eigenvalue weighted by Gasteiger charge is -2.05. The molecule has 0 aliphatic rings. The highest BCUT2D eigenvalue weighted by Crippen LogP contribution is 2.35. The van der Waals surface area contributed by atoms with Crippen molar-refractivity contribution in [1.82, 2.24) is 9.78 Å². The fourth-order valence-corrected chi connectivity index (χ4v) is 2.81. The smallest absolute Gasteiger partial charge is 0.298 e. The molecule has 3 nitrogen and oxygen atoms in total. The summed E-state index contributed by atoms with van der Waals surface area (Å²) in [5.41, 5.74) is -0.550. The number of carbonyl (C=O) groups is 1. The molecule has 0 amide bonds. The Labute approximate surface area is 125 Å². The second-order valence-corrected chi connectivity index (χ2v) is 5.87. The van der Waals surface area contributed by atoms with Gasteiger partial charge in [-0.3, -0.25) is 9.48 Å². The van der Waals surface area contributed by atoms with Gasteiger partial charge >= 0.3 is 6.18 Å². The van der Waals surface area contributed by atoms with Crippen LogP contribution >= 0.6 is 27.7 Å². The van der Waals surface area contributed by atoms with Crippen LogP contribution in [0.4, 0.5) is 13.2 Å². The van der Waals surface area contributed by atoms with Crippen molar-refractivity contribution in [2.45, 2.75) is 16.1 Å². The fraction of sp³-hybridized carbons (Fsp3) is 0.167. The molecule has 1 aromatic heterocycles. The Bertz CT molecular complexity index is 655. The highest BCUT2D eigenvalue weighted by molar-refractivity contribution is 9.10. The average Bonchev–Trinajstić information content (AvgIpc) is 2.73. The van der Waals surface area contributed by atoms with Crippen LogP contribution in [0.5, 0.6) is 0 Å². The van der Waals surface area contributed by atoms with Crippen LogP contribution in [0.15, 0.2) is 38.7 Å². The Balaban J connectivity index is 2.36. The van der Waals surface area contributed by atoms with E-state index >= 15 is 0 Å². The first-order valence-electron chi connectivity index (χ1n) is 5.35. The van der Waals surface area contributed by atoms with Crippen LogP contribution in [0.1, 0.15) is 16.1 Å². The van der Waals surface area contributed by atoms with E-state index in [4.69, 9.17) is 0 Å². The standard InChI is InChI=1S/C12H8BrF3N2OS/c1-18-11(5-10(17-18)12(14,15)16)20-9-3-2-8(13)4-7(9)6-19/h2-6H,1H3. The molecule has 2 rings (SSSR count). The van der Waals surface area contributed by atoms with Crippen molar-refractivity contribution in [1.29, 1.82) is 0 Å². The first kappa shape index (κ1) is 15.1. The molecule has 0 radical (unpaired) electrons. The van der Waals surface area contributed by atoms with Crippen molar-refractivity contribution in [3.05, 3.63) is 40.0 Å². The Kier molecular flexibility index (Phi) is 4.24. The number of alkyl halides is 3. The monoisotopic (exact) mass is 364 g/mol. The van der Waals surface area contributed by atoms with Gasteiger partial charge in [0, 0.05) is 28.0 Å². The molecular weight excluding hydrogens is 357 g/mol. The molecule has 0 N–H and O–H groups in total. The van der Waals surface area contributed by atoms with E-state index < -0.39 is 11.9 Å². The van der Waals surface area contributed by atoms with Crippen molar-refractivity contribution in [3.8, 4) is 0 Å². The van der Waals surface area contributed by atoms with Gasteiger partial charge in [-0.15, -0.1) is 0 Å². The van der Waals surface area contributed by atoms with Gasteiger partial charge in [-0.2, -0.15) is 18.3 Å². The summed E-state index contributed by atoms with van der Waals surface area (Å²) in [6.45, 7) is 0. The maximum absolute atomic E-state index is 12.6. The van der Waals surface area contributed by atoms with E-state index in [9.17, 15) is 18.0 Å². The molecular formula is C12H8BrF3N2OS. The first-order valence-corrected chi connectivity index (χ1v) is 6.96. The van der Waals surface area contributed by atoms with Crippen molar-refractivity contribution in [2.75, 3.05) is 0 Å². The molecule has 106 valence electrons. The summed E-state index contributed by atoms with van der Waals surface area (Å²) in [7, 11) is 1.43. The third kappa shape index (κ3) is 3.24. The van der Waals surface area contributed by atoms with E-state index in [0.717, 1.165) is 27.0 Å². The zero-order valence-corrected chi connectivity index (χ0v) is 12.5. The third-order valence-corrected chi connectivity index (χ3v) is 4.12. The molecule has 0 unspecified atom stereocenters. The van der Waals surface area contributed by atoms with Crippen molar-refractivity contribution < 1.29 is 18.0 Å². The van der Waals surface area contributed by atoms with E-state index in [2.05, 4.69) is 21.0 Å². The number of carbonyl (C=O) groups excluding carboxylic acids is 1. The molecule has 0 atom stereocenters. The Morgan fingerprint density at radius 3 is 2.60 bits per heavy atom. The van der Waals surface area contributed by atoms with Crippen molar-refractivity contribution >= 4 is 34.0 Å². The van der Waals surface area contributed by atoms with Crippen LogP contribution in [0.25, 0.3) is 0 Å². The summed E-state index contributed by atoms with van der Waals surface area (Å²) >= 11 is 4.29. The molecule has 0 aliphatic heterocycles. The Morgan fingerprint density at radius 1 is 1.35 bits per heavy atom. The van der Waals surface area contributed by atoms with E-state index in [0.29, 0.717) is 21.8 Å². The summed E-state index contributed by atoms with van der Waals surface area (Å²) in [6.07, 6.45) is -3.82. The quantitative estimate of drug-likeness (QED) is 0.766. The Hall–Kier alpha value is -1.28. The normalized spacial score (nSPS) is 11.7. The van der Waals surface area contributed by atoms with E-state index in [1.54, 1.807) is 18.2 Å². The van der Waals surface area contributed by atoms with Crippen molar-refractivity contribution in [3.63, 3.8) is 0 Å². The summed E-state index contributed by atoms with van der Waals surface area (Å²) in [6, 6.07) is 5.95. The van der Waals surface area contributed by atoms with Gasteiger partial charge in [0.05, 0.1) is 5.03 Å². The number of benzene rings is 1. The minimum Gasteiger partial charge on any atom is -0.298 e. The van der Waals surface area contributed by atoms with Crippen LogP contribution in [-0.2, 0) is 13.2 Å². The third-order valence-electron chi connectivity index (χ3n) is 2.44. The SMILES string of the molecule is Cn1nc(C(F)(F)F)cc1Sc1ccc(Br)cc1C=O. The van der Waals surface area contributed by atoms with Crippen LogP contribution in [0, 0.1) is 0 Å². The number of aromatic nitrogens is 2. The zero-order valence-electron chi connectivity index (χ0n) is 10.1. The molecule has 20 heavy (non-hydrogen) atoms. The summed E-state index contributed by atoms with van der Waals surface area (Å²) in [5, 5.41) is 3.73. The predicted molar refractivity (Wildman–Crippen MR) is 71.9 cm³/mol. The molecule has 0 spiro atoms. The van der Waals surface area contributed by atoms with Crippen LogP contribution in [0.2, 0.25) is 0 Å². The van der Waals surface area contributed by atoms with Gasteiger partial charge in [0.2, 0.25) is 0 Å². The Morgan fingerprint density at radius 2 is 2.05 bits per heavy atom. The predicted octanol–water partition coefficient (Wildman–Crippen LogP) is 4.17. The summed E-state index contributed by atoms with van der Waals surface area (Å²) in [4.78, 5) is 11.6. The van der Waals surface area contributed by atoms with Gasteiger partial charge in [-0.05, 0) is 18.2 Å². The van der Waals surface area contributed by atoms with Crippen LogP contribution < -0.4 is 0 Å². The number of aldehydes is 1. The number of nitrogens with zero attached hydrogens (tertiary/aromatic N) is 2. The molecule has 8 heteroatoms. The van der Waals surface area contributed by atoms with Crippen molar-refractivity contribution in [2.24, 2.45) is 7.05 Å². The van der Waals surface area contributed by atoms with E-state index in [1.807, 2.05) is 0 Å². The lowest BCUT2D eigenvalue weighted by atomic mass is 10.2. The number of hydrogen-bond donors (Lipinski definition) is 0. The minimum atomic E-state index is -4.48. The van der Waals surface area contributed by atoms with E-state index in [1.165, 1.54) is 7.05 Å². The van der Waals surface area contributed by atoms with Gasteiger partial charge in [-0.25, -0.2) is 0 Å². The lowest BCUT2D eigenvalue weighted by molar-refractivity contribution is -0.141. The molecule has 0 aliphatic carbocycles. The molecule has 2 aromatic rings. The molecule has 1 aromatic carbocycles. The number of rotatable bonds is 3. The minimum absolute atomic E-state index is 0.308. The largest absolute Gasteiger partial charge is 0.435 e. The zero-order chi connectivity index (χ0) is 14.9. The average molecular weight is 365 g/mol. The van der Waals surface area contributed by atoms with Gasteiger partial charge in [0.15, 0.2) is 12.0 Å². The van der Waals surface area contributed by atoms with Crippen LogP contribution in [-0.4, -0.2) is 16.1 Å². The molecule has 0 saturated carbocycles. The van der Waals surface area contributed by atoms with Gasteiger partial charge in [0.25, 0.3) is 0 Å². The summed E-state index contributed by atoms with van der Waals surface area (Å²) in [5.74, 6) is 0. The van der Waals surface area contributed by atoms with Gasteiger partial charge < -0.3 is 0 Å². The van der Waals surface area contributed by atoms with Gasteiger partial charge in [0.1, 0.15) is 0 Å². The number of halogens is 4. The lowest BCUT2D eigenvalue weighted by Crippen LogP contribution is -2.06. The highest BCUT2D eigenvalue weighted by Gasteiger charge is 2.34. The highest BCUT2D eigenvalue weighted by atomic mass is 79.9. The summed E-state index contributed by atoms with van der Waals surface area (Å²) < 4.78 is 39.6. The second kappa shape index (κ2) is 5.61. The topological polar surface area (TPSA) is 34.9 Å². The fourth-order valence-electron chi connectivity index (χ4n) is 1.50. The molecule has 1 heterocycles. The molecule has 0 bridgehead atoms. The first-order chi connectivity index (χ1) is 9.31. The number of hydrogen-bond acceptors (Lipinski definition) is 3. The van der Waals surface area contributed by atoms with Gasteiger partial charge in [-0.1, -0.05) is 27.7 Å². The van der Waals surface area contributed by atoms with Crippen LogP contribution in [0.3, 0.4) is 0 Å². The maximum Gasteiger partial charge on any atom is 0.435 e. The van der Waals surface area contributed by atoms with E-state index in [-0.39, 0.29) is 0 Å². The molecule has 0 fully saturated rings. The number of aryl methyl sites for hydroxylation is 1. The molecule has 0 saturated heterocycles. The second-order valence-electron chi connectivity index (χ2n) is 3.89.